The summed E-state index contributed by atoms with van der Waals surface area (Å²) in [5.74, 6) is 0.601. The number of aromatic nitrogens is 2. The van der Waals surface area contributed by atoms with Crippen LogP contribution in [0.5, 0.6) is 0 Å². The van der Waals surface area contributed by atoms with Crippen molar-refractivity contribution >= 4 is 17.3 Å². The third-order valence-corrected chi connectivity index (χ3v) is 3.77. The fourth-order valence-corrected chi connectivity index (χ4v) is 2.75. The Kier molecular flexibility index (Phi) is 4.24. The molecule has 2 heterocycles. The first-order valence-corrected chi connectivity index (χ1v) is 6.62. The number of anilines is 1. The molecule has 100 valence electrons. The van der Waals surface area contributed by atoms with Gasteiger partial charge in [-0.25, -0.2) is 4.68 Å². The summed E-state index contributed by atoms with van der Waals surface area (Å²) in [5.41, 5.74) is 0.533. The van der Waals surface area contributed by atoms with Gasteiger partial charge in [0.15, 0.2) is 0 Å². The first-order valence-electron chi connectivity index (χ1n) is 6.25. The molecule has 1 atom stereocenters. The molecule has 1 aliphatic rings. The van der Waals surface area contributed by atoms with Crippen LogP contribution in [0.25, 0.3) is 0 Å². The van der Waals surface area contributed by atoms with Crippen molar-refractivity contribution in [2.24, 2.45) is 13.0 Å². The van der Waals surface area contributed by atoms with E-state index in [0.717, 1.165) is 31.7 Å². The average Bonchev–Trinajstić information content (AvgIpc) is 2.37. The summed E-state index contributed by atoms with van der Waals surface area (Å²) in [7, 11) is 3.57. The van der Waals surface area contributed by atoms with Gasteiger partial charge in [-0.15, -0.1) is 0 Å². The largest absolute Gasteiger partial charge is 0.369 e. The monoisotopic (exact) mass is 270 g/mol. The van der Waals surface area contributed by atoms with Crippen molar-refractivity contribution in [3.63, 3.8) is 0 Å². The number of rotatable bonds is 3. The molecule has 0 bridgehead atoms. The van der Waals surface area contributed by atoms with E-state index < -0.39 is 0 Å². The zero-order chi connectivity index (χ0) is 13.1. The summed E-state index contributed by atoms with van der Waals surface area (Å²) in [5, 5.41) is 7.53. The predicted molar refractivity (Wildman–Crippen MR) is 73.4 cm³/mol. The summed E-state index contributed by atoms with van der Waals surface area (Å²) in [4.78, 5) is 13.9. The van der Waals surface area contributed by atoms with Gasteiger partial charge < -0.3 is 10.2 Å². The van der Waals surface area contributed by atoms with E-state index in [-0.39, 0.29) is 10.6 Å². The van der Waals surface area contributed by atoms with E-state index in [1.807, 2.05) is 7.05 Å². The van der Waals surface area contributed by atoms with Crippen LogP contribution in [-0.4, -0.2) is 36.5 Å². The Morgan fingerprint density at radius 2 is 2.39 bits per heavy atom. The van der Waals surface area contributed by atoms with Crippen molar-refractivity contribution in [2.75, 3.05) is 31.6 Å². The maximum atomic E-state index is 11.8. The highest BCUT2D eigenvalue weighted by atomic mass is 35.5. The van der Waals surface area contributed by atoms with Crippen molar-refractivity contribution in [3.8, 4) is 0 Å². The van der Waals surface area contributed by atoms with Gasteiger partial charge in [-0.05, 0) is 32.4 Å². The van der Waals surface area contributed by atoms with Gasteiger partial charge in [-0.1, -0.05) is 11.6 Å². The highest BCUT2D eigenvalue weighted by Gasteiger charge is 2.22. The molecule has 2 rings (SSSR count). The standard InChI is InChI=1S/C12H19ClN4O/c1-14-6-9-4-3-5-17(8-9)10-7-15-16(2)12(18)11(10)13/h7,9,14H,3-6,8H2,1-2H3. The van der Waals surface area contributed by atoms with Crippen LogP contribution in [0.15, 0.2) is 11.0 Å². The minimum Gasteiger partial charge on any atom is -0.369 e. The maximum absolute atomic E-state index is 11.8. The molecule has 1 unspecified atom stereocenters. The Morgan fingerprint density at radius 3 is 3.11 bits per heavy atom. The lowest BCUT2D eigenvalue weighted by atomic mass is 9.98. The molecule has 1 aliphatic heterocycles. The molecular weight excluding hydrogens is 252 g/mol. The molecule has 1 aromatic heterocycles. The lowest BCUT2D eigenvalue weighted by molar-refractivity contribution is 0.402. The van der Waals surface area contributed by atoms with Gasteiger partial charge in [0.2, 0.25) is 0 Å². The molecule has 1 saturated heterocycles. The van der Waals surface area contributed by atoms with Gasteiger partial charge in [-0.3, -0.25) is 4.79 Å². The van der Waals surface area contributed by atoms with Gasteiger partial charge in [0, 0.05) is 20.1 Å². The van der Waals surface area contributed by atoms with Crippen LogP contribution in [0.1, 0.15) is 12.8 Å². The molecule has 0 aliphatic carbocycles. The summed E-state index contributed by atoms with van der Waals surface area (Å²) in [6.07, 6.45) is 4.02. The summed E-state index contributed by atoms with van der Waals surface area (Å²) in [6.45, 7) is 2.86. The van der Waals surface area contributed by atoms with Gasteiger partial charge in [-0.2, -0.15) is 5.10 Å². The topological polar surface area (TPSA) is 50.2 Å². The number of aryl methyl sites for hydroxylation is 1. The summed E-state index contributed by atoms with van der Waals surface area (Å²) < 4.78 is 1.26. The van der Waals surface area contributed by atoms with Crippen molar-refractivity contribution in [1.29, 1.82) is 0 Å². The molecular formula is C12H19ClN4O. The van der Waals surface area contributed by atoms with Gasteiger partial charge in [0.05, 0.1) is 11.9 Å². The second kappa shape index (κ2) is 5.71. The minimum atomic E-state index is -0.232. The lowest BCUT2D eigenvalue weighted by Crippen LogP contribution is -2.40. The van der Waals surface area contributed by atoms with Crippen LogP contribution in [0, 0.1) is 5.92 Å². The maximum Gasteiger partial charge on any atom is 0.287 e. The SMILES string of the molecule is CNCC1CCCN(c2cnn(C)c(=O)c2Cl)C1. The first-order chi connectivity index (χ1) is 8.63. The van der Waals surface area contributed by atoms with E-state index in [2.05, 4.69) is 15.3 Å². The predicted octanol–water partition coefficient (Wildman–Crippen LogP) is 0.869. The van der Waals surface area contributed by atoms with E-state index >= 15 is 0 Å². The van der Waals surface area contributed by atoms with Gasteiger partial charge in [0.25, 0.3) is 5.56 Å². The molecule has 1 aromatic rings. The highest BCUT2D eigenvalue weighted by Crippen LogP contribution is 2.26. The molecule has 1 N–H and O–H groups in total. The number of nitrogens with one attached hydrogen (secondary N) is 1. The van der Waals surface area contributed by atoms with Crippen LogP contribution in [-0.2, 0) is 7.05 Å². The van der Waals surface area contributed by atoms with E-state index in [1.165, 1.54) is 11.1 Å². The van der Waals surface area contributed by atoms with Gasteiger partial charge in [0.1, 0.15) is 5.02 Å². The molecule has 1 fully saturated rings. The normalized spacial score (nSPS) is 20.2. The van der Waals surface area contributed by atoms with E-state index in [4.69, 9.17) is 11.6 Å². The molecule has 0 aromatic carbocycles. The lowest BCUT2D eigenvalue weighted by Gasteiger charge is -2.34. The number of nitrogens with zero attached hydrogens (tertiary/aromatic N) is 3. The van der Waals surface area contributed by atoms with Crippen molar-refractivity contribution in [2.45, 2.75) is 12.8 Å². The van der Waals surface area contributed by atoms with Crippen LogP contribution in [0.3, 0.4) is 0 Å². The van der Waals surface area contributed by atoms with Crippen LogP contribution in [0.4, 0.5) is 5.69 Å². The average molecular weight is 271 g/mol. The van der Waals surface area contributed by atoms with Crippen molar-refractivity contribution < 1.29 is 0 Å². The molecule has 18 heavy (non-hydrogen) atoms. The summed E-state index contributed by atoms with van der Waals surface area (Å²) in [6, 6.07) is 0. The fourth-order valence-electron chi connectivity index (χ4n) is 2.46. The van der Waals surface area contributed by atoms with Crippen molar-refractivity contribution in [3.05, 3.63) is 21.6 Å². The molecule has 0 amide bonds. The molecule has 0 saturated carbocycles. The molecule has 0 radical (unpaired) electrons. The quantitative estimate of drug-likeness (QED) is 0.886. The Balaban J connectivity index is 2.21. The first kappa shape index (κ1) is 13.4. The molecule has 5 nitrogen and oxygen atoms in total. The zero-order valence-corrected chi connectivity index (χ0v) is 11.6. The van der Waals surface area contributed by atoms with E-state index in [9.17, 15) is 4.79 Å². The number of hydrogen-bond donors (Lipinski definition) is 1. The fraction of sp³-hybridized carbons (Fsp3) is 0.667. The van der Waals surface area contributed by atoms with Gasteiger partial charge >= 0.3 is 0 Å². The number of piperidine rings is 1. The number of hydrogen-bond acceptors (Lipinski definition) is 4. The third-order valence-electron chi connectivity index (χ3n) is 3.41. The minimum absolute atomic E-state index is 0.232. The second-order valence-electron chi connectivity index (χ2n) is 4.78. The zero-order valence-electron chi connectivity index (χ0n) is 10.8. The second-order valence-corrected chi connectivity index (χ2v) is 5.16. The Hall–Kier alpha value is -1.07. The number of halogens is 1. The molecule has 6 heteroatoms. The van der Waals surface area contributed by atoms with E-state index in [0.29, 0.717) is 5.92 Å². The van der Waals surface area contributed by atoms with E-state index in [1.54, 1.807) is 13.2 Å². The summed E-state index contributed by atoms with van der Waals surface area (Å²) >= 11 is 6.13. The van der Waals surface area contributed by atoms with Crippen LogP contribution in [0.2, 0.25) is 5.02 Å². The smallest absolute Gasteiger partial charge is 0.287 e. The Labute approximate surface area is 112 Å². The Bertz CT molecular complexity index is 472. The Morgan fingerprint density at radius 1 is 1.61 bits per heavy atom. The van der Waals surface area contributed by atoms with Crippen molar-refractivity contribution in [1.82, 2.24) is 15.1 Å². The molecule has 0 spiro atoms. The van der Waals surface area contributed by atoms with Crippen LogP contribution < -0.4 is 15.8 Å². The van der Waals surface area contributed by atoms with Crippen LogP contribution >= 0.6 is 11.6 Å². The third kappa shape index (κ3) is 2.67. The highest BCUT2D eigenvalue weighted by molar-refractivity contribution is 6.33.